The van der Waals surface area contributed by atoms with E-state index in [9.17, 15) is 9.90 Å². The van der Waals surface area contributed by atoms with Gasteiger partial charge in [0.05, 0.1) is 18.7 Å². The van der Waals surface area contributed by atoms with Crippen molar-refractivity contribution >= 4 is 11.6 Å². The van der Waals surface area contributed by atoms with Gasteiger partial charge in [-0.05, 0) is 36.5 Å². The number of benzene rings is 1. The maximum Gasteiger partial charge on any atom is 0.170 e. The molecule has 3 unspecified atom stereocenters. The molecular formula is C20H24N2O3. The maximum absolute atomic E-state index is 12.7. The quantitative estimate of drug-likeness (QED) is 0.886. The van der Waals surface area contributed by atoms with Gasteiger partial charge in [-0.3, -0.25) is 9.79 Å². The molecule has 3 atom stereocenters. The van der Waals surface area contributed by atoms with Crippen LogP contribution in [0.5, 0.6) is 5.75 Å². The van der Waals surface area contributed by atoms with Crippen LogP contribution in [0.1, 0.15) is 50.0 Å². The first kappa shape index (κ1) is 16.2. The molecule has 0 saturated heterocycles. The molecule has 5 heteroatoms. The Labute approximate surface area is 147 Å². The van der Waals surface area contributed by atoms with Crippen molar-refractivity contribution in [2.45, 2.75) is 56.5 Å². The number of nitrogens with zero attached hydrogens (tertiary/aromatic N) is 1. The number of aliphatic imine (C=N–C) groups is 1. The molecule has 1 aliphatic heterocycles. The molecule has 2 N–H and O–H groups in total. The number of ether oxygens (including phenoxy) is 1. The third kappa shape index (κ3) is 3.03. The highest BCUT2D eigenvalue weighted by molar-refractivity contribution is 6.23. The highest BCUT2D eigenvalue weighted by Crippen LogP contribution is 2.36. The van der Waals surface area contributed by atoms with Crippen molar-refractivity contribution in [1.82, 2.24) is 5.32 Å². The fourth-order valence-electron chi connectivity index (χ4n) is 4.22. The molecule has 2 aliphatic carbocycles. The molecule has 1 saturated carbocycles. The number of ketones is 1. The fourth-order valence-corrected chi connectivity index (χ4v) is 4.22. The van der Waals surface area contributed by atoms with E-state index < -0.39 is 0 Å². The van der Waals surface area contributed by atoms with Crippen LogP contribution >= 0.6 is 0 Å². The average Bonchev–Trinajstić information content (AvgIpc) is 3.04. The standard InChI is InChI=1S/C20H24N2O3/c1-25-14-8-6-12(7-9-14)13-10-17(23)19(18(24)11-13)20-21-15-4-2-3-5-16(15)22-20/h6-9,13,15-16,23H,2-5,10-11H2,1H3,(H,21,22). The molecule has 1 heterocycles. The molecule has 1 aromatic rings. The zero-order valence-corrected chi connectivity index (χ0v) is 14.5. The summed E-state index contributed by atoms with van der Waals surface area (Å²) in [6.07, 6.45) is 5.44. The summed E-state index contributed by atoms with van der Waals surface area (Å²) < 4.78 is 5.18. The summed E-state index contributed by atoms with van der Waals surface area (Å²) in [6, 6.07) is 8.31. The Balaban J connectivity index is 1.55. The number of allylic oxidation sites excluding steroid dienone is 1. The van der Waals surface area contributed by atoms with Crippen LogP contribution in [0.4, 0.5) is 0 Å². The Kier molecular flexibility index (Phi) is 4.24. The Morgan fingerprint density at radius 1 is 1.16 bits per heavy atom. The Morgan fingerprint density at radius 3 is 2.60 bits per heavy atom. The molecule has 0 aromatic heterocycles. The minimum absolute atomic E-state index is 0.00596. The highest BCUT2D eigenvalue weighted by atomic mass is 16.5. The lowest BCUT2D eigenvalue weighted by Crippen LogP contribution is -2.39. The molecule has 5 nitrogen and oxygen atoms in total. The van der Waals surface area contributed by atoms with Crippen molar-refractivity contribution in [2.75, 3.05) is 7.11 Å². The maximum atomic E-state index is 12.7. The van der Waals surface area contributed by atoms with Crippen LogP contribution in [-0.4, -0.2) is 35.9 Å². The van der Waals surface area contributed by atoms with Crippen LogP contribution in [0.3, 0.4) is 0 Å². The molecular weight excluding hydrogens is 316 g/mol. The normalized spacial score (nSPS) is 29.1. The summed E-state index contributed by atoms with van der Waals surface area (Å²) in [7, 11) is 1.63. The smallest absolute Gasteiger partial charge is 0.170 e. The molecule has 25 heavy (non-hydrogen) atoms. The summed E-state index contributed by atoms with van der Waals surface area (Å²) in [5.41, 5.74) is 1.47. The van der Waals surface area contributed by atoms with Crippen LogP contribution in [0, 0.1) is 0 Å². The van der Waals surface area contributed by atoms with Gasteiger partial charge in [-0.1, -0.05) is 25.0 Å². The van der Waals surface area contributed by atoms with E-state index in [1.54, 1.807) is 7.11 Å². The number of aliphatic hydroxyl groups excluding tert-OH is 1. The van der Waals surface area contributed by atoms with E-state index in [0.29, 0.717) is 30.3 Å². The third-order valence-electron chi connectivity index (χ3n) is 5.61. The first-order chi connectivity index (χ1) is 12.2. The Morgan fingerprint density at radius 2 is 1.92 bits per heavy atom. The number of carbonyl (C=O) groups excluding carboxylic acids is 1. The monoisotopic (exact) mass is 340 g/mol. The predicted molar refractivity (Wildman–Crippen MR) is 96.2 cm³/mol. The topological polar surface area (TPSA) is 70.9 Å². The lowest BCUT2D eigenvalue weighted by Gasteiger charge is -2.25. The van der Waals surface area contributed by atoms with Crippen LogP contribution < -0.4 is 10.1 Å². The molecule has 0 spiro atoms. The van der Waals surface area contributed by atoms with E-state index in [4.69, 9.17) is 9.73 Å². The minimum Gasteiger partial charge on any atom is -0.511 e. The number of Topliss-reactive ketones (excluding diaryl/α,β-unsaturated/α-hetero) is 1. The van der Waals surface area contributed by atoms with Gasteiger partial charge in [0.2, 0.25) is 0 Å². The van der Waals surface area contributed by atoms with Crippen LogP contribution in [0.25, 0.3) is 0 Å². The van der Waals surface area contributed by atoms with Gasteiger partial charge in [0.1, 0.15) is 17.3 Å². The van der Waals surface area contributed by atoms with E-state index in [2.05, 4.69) is 5.32 Å². The fraction of sp³-hybridized carbons (Fsp3) is 0.500. The lowest BCUT2D eigenvalue weighted by molar-refractivity contribution is -0.116. The Hall–Kier alpha value is -2.30. The van der Waals surface area contributed by atoms with Crippen molar-refractivity contribution in [1.29, 1.82) is 0 Å². The number of hydrogen-bond donors (Lipinski definition) is 2. The summed E-state index contributed by atoms with van der Waals surface area (Å²) in [4.78, 5) is 17.4. The zero-order chi connectivity index (χ0) is 17.4. The second-order valence-corrected chi connectivity index (χ2v) is 7.20. The van der Waals surface area contributed by atoms with Crippen LogP contribution in [0.15, 0.2) is 40.6 Å². The van der Waals surface area contributed by atoms with Crippen molar-refractivity contribution in [2.24, 2.45) is 4.99 Å². The first-order valence-corrected chi connectivity index (χ1v) is 9.09. The van der Waals surface area contributed by atoms with Gasteiger partial charge in [-0.2, -0.15) is 0 Å². The highest BCUT2D eigenvalue weighted by Gasteiger charge is 2.37. The van der Waals surface area contributed by atoms with E-state index in [1.165, 1.54) is 12.8 Å². The summed E-state index contributed by atoms with van der Waals surface area (Å²) in [5.74, 6) is 1.56. The summed E-state index contributed by atoms with van der Waals surface area (Å²) >= 11 is 0. The number of fused-ring (bicyclic) bond motifs is 1. The van der Waals surface area contributed by atoms with Gasteiger partial charge in [-0.25, -0.2) is 0 Å². The predicted octanol–water partition coefficient (Wildman–Crippen LogP) is 3.27. The second-order valence-electron chi connectivity index (χ2n) is 7.20. The number of amidine groups is 1. The van der Waals surface area contributed by atoms with Gasteiger partial charge < -0.3 is 15.2 Å². The van der Waals surface area contributed by atoms with E-state index in [0.717, 1.165) is 24.2 Å². The largest absolute Gasteiger partial charge is 0.511 e. The number of hydrogen-bond acceptors (Lipinski definition) is 5. The first-order valence-electron chi connectivity index (χ1n) is 9.09. The molecule has 3 aliphatic rings. The van der Waals surface area contributed by atoms with Gasteiger partial charge in [0.25, 0.3) is 0 Å². The Bertz CT molecular complexity index is 736. The third-order valence-corrected chi connectivity index (χ3v) is 5.61. The van der Waals surface area contributed by atoms with Gasteiger partial charge in [0.15, 0.2) is 5.78 Å². The molecule has 0 radical (unpaired) electrons. The van der Waals surface area contributed by atoms with E-state index in [1.807, 2.05) is 24.3 Å². The number of aliphatic hydroxyl groups is 1. The van der Waals surface area contributed by atoms with Gasteiger partial charge in [-0.15, -0.1) is 0 Å². The molecule has 0 amide bonds. The second kappa shape index (κ2) is 6.54. The van der Waals surface area contributed by atoms with E-state index in [-0.39, 0.29) is 23.5 Å². The molecule has 1 fully saturated rings. The molecule has 132 valence electrons. The van der Waals surface area contributed by atoms with Crippen LogP contribution in [0.2, 0.25) is 0 Å². The van der Waals surface area contributed by atoms with Crippen molar-refractivity contribution in [3.8, 4) is 5.75 Å². The SMILES string of the molecule is COc1ccc(C2CC(=O)C(C3=NC4CCCCC4N3)=C(O)C2)cc1. The summed E-state index contributed by atoms with van der Waals surface area (Å²) in [5, 5.41) is 14.0. The van der Waals surface area contributed by atoms with Crippen molar-refractivity contribution in [3.05, 3.63) is 41.2 Å². The minimum atomic E-state index is -0.0190. The zero-order valence-electron chi connectivity index (χ0n) is 14.5. The number of carbonyl (C=O) groups is 1. The molecule has 0 bridgehead atoms. The average molecular weight is 340 g/mol. The number of methoxy groups -OCH3 is 1. The van der Waals surface area contributed by atoms with Crippen molar-refractivity contribution < 1.29 is 14.6 Å². The number of nitrogens with one attached hydrogen (secondary N) is 1. The summed E-state index contributed by atoms with van der Waals surface area (Å²) in [6.45, 7) is 0. The van der Waals surface area contributed by atoms with Gasteiger partial charge in [0, 0.05) is 18.9 Å². The number of rotatable bonds is 3. The molecule has 4 rings (SSSR count). The lowest BCUT2D eigenvalue weighted by atomic mass is 9.82. The van der Waals surface area contributed by atoms with Gasteiger partial charge >= 0.3 is 0 Å². The van der Waals surface area contributed by atoms with Crippen LogP contribution in [-0.2, 0) is 4.79 Å². The van der Waals surface area contributed by atoms with E-state index >= 15 is 0 Å². The van der Waals surface area contributed by atoms with Crippen molar-refractivity contribution in [3.63, 3.8) is 0 Å². The molecule has 1 aromatic carbocycles.